The van der Waals surface area contributed by atoms with Crippen LogP contribution in [0.4, 0.5) is 0 Å². The first-order valence-corrected chi connectivity index (χ1v) is 5.25. The SMILES string of the molecule is COC(=O)CCCC(=O)c1cccs1. The second-order valence-corrected chi connectivity index (χ2v) is 3.78. The van der Waals surface area contributed by atoms with Crippen molar-refractivity contribution in [3.05, 3.63) is 22.4 Å². The summed E-state index contributed by atoms with van der Waals surface area (Å²) >= 11 is 1.43. The molecule has 1 heterocycles. The molecular formula is C10H12O3S. The maximum atomic E-state index is 11.4. The average molecular weight is 212 g/mol. The van der Waals surface area contributed by atoms with E-state index in [2.05, 4.69) is 4.74 Å². The van der Waals surface area contributed by atoms with Gasteiger partial charge in [0.05, 0.1) is 12.0 Å². The smallest absolute Gasteiger partial charge is 0.305 e. The number of ether oxygens (including phenoxy) is 1. The van der Waals surface area contributed by atoms with Gasteiger partial charge in [0.25, 0.3) is 0 Å². The second-order valence-electron chi connectivity index (χ2n) is 2.83. The van der Waals surface area contributed by atoms with Crippen LogP contribution in [-0.4, -0.2) is 18.9 Å². The van der Waals surface area contributed by atoms with Gasteiger partial charge in [0, 0.05) is 12.8 Å². The number of hydrogen-bond acceptors (Lipinski definition) is 4. The Labute approximate surface area is 86.7 Å². The third kappa shape index (κ3) is 3.30. The standard InChI is InChI=1S/C10H12O3S/c1-13-10(12)6-2-4-8(11)9-5-3-7-14-9/h3,5,7H,2,4,6H2,1H3. The van der Waals surface area contributed by atoms with Crippen molar-refractivity contribution in [3.8, 4) is 0 Å². The van der Waals surface area contributed by atoms with E-state index in [1.807, 2.05) is 11.4 Å². The molecule has 0 fully saturated rings. The van der Waals surface area contributed by atoms with E-state index in [4.69, 9.17) is 0 Å². The van der Waals surface area contributed by atoms with E-state index in [-0.39, 0.29) is 11.8 Å². The number of carbonyl (C=O) groups is 2. The van der Waals surface area contributed by atoms with Crippen molar-refractivity contribution in [1.29, 1.82) is 0 Å². The zero-order chi connectivity index (χ0) is 10.4. The average Bonchev–Trinajstić information content (AvgIpc) is 2.70. The van der Waals surface area contributed by atoms with Gasteiger partial charge in [-0.05, 0) is 17.9 Å². The molecule has 76 valence electrons. The lowest BCUT2D eigenvalue weighted by atomic mass is 10.1. The van der Waals surface area contributed by atoms with Gasteiger partial charge in [-0.15, -0.1) is 11.3 Å². The minimum absolute atomic E-state index is 0.101. The quantitative estimate of drug-likeness (QED) is 0.555. The summed E-state index contributed by atoms with van der Waals surface area (Å²) in [6.07, 6.45) is 1.28. The zero-order valence-electron chi connectivity index (χ0n) is 7.99. The van der Waals surface area contributed by atoms with Gasteiger partial charge in [0.2, 0.25) is 0 Å². The van der Waals surface area contributed by atoms with Crippen LogP contribution >= 0.6 is 11.3 Å². The van der Waals surface area contributed by atoms with Crippen LogP contribution in [0, 0.1) is 0 Å². The molecule has 0 saturated heterocycles. The van der Waals surface area contributed by atoms with Crippen LogP contribution in [0.15, 0.2) is 17.5 Å². The third-order valence-electron chi connectivity index (χ3n) is 1.81. The van der Waals surface area contributed by atoms with Crippen molar-refractivity contribution in [2.45, 2.75) is 19.3 Å². The number of hydrogen-bond donors (Lipinski definition) is 0. The monoisotopic (exact) mass is 212 g/mol. The summed E-state index contributed by atoms with van der Waals surface area (Å²) < 4.78 is 4.48. The molecule has 0 spiro atoms. The van der Waals surface area contributed by atoms with Crippen molar-refractivity contribution in [2.24, 2.45) is 0 Å². The molecule has 1 aromatic rings. The number of rotatable bonds is 5. The van der Waals surface area contributed by atoms with Gasteiger partial charge in [0.1, 0.15) is 0 Å². The molecule has 0 saturated carbocycles. The molecular weight excluding hydrogens is 200 g/mol. The van der Waals surface area contributed by atoms with Gasteiger partial charge in [0.15, 0.2) is 5.78 Å². The molecule has 14 heavy (non-hydrogen) atoms. The Balaban J connectivity index is 2.26. The van der Waals surface area contributed by atoms with Crippen LogP contribution in [0.25, 0.3) is 0 Å². The normalized spacial score (nSPS) is 9.79. The van der Waals surface area contributed by atoms with Gasteiger partial charge >= 0.3 is 5.97 Å². The molecule has 0 aliphatic heterocycles. The van der Waals surface area contributed by atoms with Crippen molar-refractivity contribution in [1.82, 2.24) is 0 Å². The van der Waals surface area contributed by atoms with E-state index in [1.54, 1.807) is 6.07 Å². The molecule has 0 aliphatic rings. The molecule has 0 radical (unpaired) electrons. The fourth-order valence-electron chi connectivity index (χ4n) is 1.06. The van der Waals surface area contributed by atoms with Crippen molar-refractivity contribution in [2.75, 3.05) is 7.11 Å². The molecule has 0 N–H and O–H groups in total. The Morgan fingerprint density at radius 2 is 2.21 bits per heavy atom. The number of Topliss-reactive ketones (excluding diaryl/α,β-unsaturated/α-hetero) is 1. The lowest BCUT2D eigenvalue weighted by molar-refractivity contribution is -0.140. The predicted octanol–water partition coefficient (Wildman–Crippen LogP) is 2.27. The zero-order valence-corrected chi connectivity index (χ0v) is 8.80. The summed E-state index contributed by atoms with van der Waals surface area (Å²) in [4.78, 5) is 22.9. The van der Waals surface area contributed by atoms with Crippen LogP contribution in [0.3, 0.4) is 0 Å². The molecule has 0 unspecified atom stereocenters. The minimum atomic E-state index is -0.260. The van der Waals surface area contributed by atoms with Gasteiger partial charge in [-0.1, -0.05) is 6.07 Å². The first-order chi connectivity index (χ1) is 6.74. The molecule has 0 aliphatic carbocycles. The molecule has 0 amide bonds. The van der Waals surface area contributed by atoms with Crippen LogP contribution in [0.1, 0.15) is 28.9 Å². The van der Waals surface area contributed by atoms with Crippen LogP contribution in [-0.2, 0) is 9.53 Å². The highest BCUT2D eigenvalue weighted by Crippen LogP contribution is 2.12. The first-order valence-electron chi connectivity index (χ1n) is 4.37. The Bertz CT molecular complexity index is 303. The number of thiophene rings is 1. The summed E-state index contributed by atoms with van der Waals surface area (Å²) in [6.45, 7) is 0. The Hall–Kier alpha value is -1.16. The maximum absolute atomic E-state index is 11.4. The molecule has 1 aromatic heterocycles. The van der Waals surface area contributed by atoms with E-state index in [1.165, 1.54) is 18.4 Å². The predicted molar refractivity (Wildman–Crippen MR) is 54.5 cm³/mol. The van der Waals surface area contributed by atoms with Crippen molar-refractivity contribution >= 4 is 23.1 Å². The number of ketones is 1. The lowest BCUT2D eigenvalue weighted by Gasteiger charge is -1.97. The summed E-state index contributed by atoms with van der Waals surface area (Å²) in [7, 11) is 1.35. The Morgan fingerprint density at radius 3 is 2.79 bits per heavy atom. The van der Waals surface area contributed by atoms with E-state index in [0.717, 1.165) is 4.88 Å². The maximum Gasteiger partial charge on any atom is 0.305 e. The third-order valence-corrected chi connectivity index (χ3v) is 2.72. The molecule has 3 nitrogen and oxygen atoms in total. The van der Waals surface area contributed by atoms with Gasteiger partial charge < -0.3 is 4.74 Å². The summed E-state index contributed by atoms with van der Waals surface area (Å²) in [5, 5.41) is 1.87. The van der Waals surface area contributed by atoms with E-state index < -0.39 is 0 Å². The minimum Gasteiger partial charge on any atom is -0.469 e. The second kappa shape index (κ2) is 5.54. The van der Waals surface area contributed by atoms with E-state index in [9.17, 15) is 9.59 Å². The molecule has 0 bridgehead atoms. The fourth-order valence-corrected chi connectivity index (χ4v) is 1.75. The summed E-state index contributed by atoms with van der Waals surface area (Å²) in [5.74, 6) is -0.159. The molecule has 0 atom stereocenters. The summed E-state index contributed by atoms with van der Waals surface area (Å²) in [6, 6.07) is 3.64. The lowest BCUT2D eigenvalue weighted by Crippen LogP contribution is -2.02. The van der Waals surface area contributed by atoms with Gasteiger partial charge in [-0.25, -0.2) is 0 Å². The van der Waals surface area contributed by atoms with Crippen LogP contribution in [0.5, 0.6) is 0 Å². The van der Waals surface area contributed by atoms with E-state index in [0.29, 0.717) is 19.3 Å². The molecule has 1 rings (SSSR count). The topological polar surface area (TPSA) is 43.4 Å². The number of methoxy groups -OCH3 is 1. The Kier molecular flexibility index (Phi) is 4.32. The molecule has 4 heteroatoms. The Morgan fingerprint density at radius 1 is 1.43 bits per heavy atom. The largest absolute Gasteiger partial charge is 0.469 e. The first kappa shape index (κ1) is 10.9. The number of carbonyl (C=O) groups excluding carboxylic acids is 2. The molecule has 0 aromatic carbocycles. The van der Waals surface area contributed by atoms with Crippen LogP contribution in [0.2, 0.25) is 0 Å². The van der Waals surface area contributed by atoms with E-state index >= 15 is 0 Å². The number of esters is 1. The highest BCUT2D eigenvalue weighted by molar-refractivity contribution is 7.12. The van der Waals surface area contributed by atoms with Gasteiger partial charge in [-0.3, -0.25) is 9.59 Å². The van der Waals surface area contributed by atoms with Crippen LogP contribution < -0.4 is 0 Å². The van der Waals surface area contributed by atoms with Crippen molar-refractivity contribution in [3.63, 3.8) is 0 Å². The van der Waals surface area contributed by atoms with Crippen molar-refractivity contribution < 1.29 is 14.3 Å². The van der Waals surface area contributed by atoms with Gasteiger partial charge in [-0.2, -0.15) is 0 Å². The highest BCUT2D eigenvalue weighted by atomic mass is 32.1. The highest BCUT2D eigenvalue weighted by Gasteiger charge is 2.07. The fraction of sp³-hybridized carbons (Fsp3) is 0.400. The summed E-state index contributed by atoms with van der Waals surface area (Å²) in [5.41, 5.74) is 0.